The number of hydrogen-bond donors (Lipinski definition) is 0. The van der Waals surface area contributed by atoms with Crippen molar-refractivity contribution in [2.24, 2.45) is 0 Å². The number of benzene rings is 10. The summed E-state index contributed by atoms with van der Waals surface area (Å²) in [7, 11) is 0. The van der Waals surface area contributed by atoms with Crippen LogP contribution in [-0.4, -0.2) is 0 Å². The smallest absolute Gasteiger partial charge is 0.0546 e. The molecule has 0 N–H and O–H groups in total. The zero-order valence-electron chi connectivity index (χ0n) is 38.5. The van der Waals surface area contributed by atoms with Crippen LogP contribution >= 0.6 is 0 Å². The highest BCUT2D eigenvalue weighted by molar-refractivity contribution is 6.04. The van der Waals surface area contributed by atoms with E-state index in [2.05, 4.69) is 269 Å². The molecule has 0 amide bonds. The van der Waals surface area contributed by atoms with Gasteiger partial charge in [0.25, 0.3) is 0 Å². The zero-order valence-corrected chi connectivity index (χ0v) is 38.5. The van der Waals surface area contributed by atoms with E-state index in [4.69, 9.17) is 0 Å². The Labute approximate surface area is 395 Å². The maximum atomic E-state index is 2.59. The van der Waals surface area contributed by atoms with Gasteiger partial charge in [-0.25, -0.2) is 0 Å². The summed E-state index contributed by atoms with van der Waals surface area (Å²) in [6, 6.07) is 87.8. The first-order valence-corrected chi connectivity index (χ1v) is 23.6. The average Bonchev–Trinajstić information content (AvgIpc) is 3.76. The molecule has 10 aromatic carbocycles. The van der Waals surface area contributed by atoms with Gasteiger partial charge in [0.05, 0.1) is 17.1 Å². The number of rotatable bonds is 8. The van der Waals surface area contributed by atoms with Gasteiger partial charge >= 0.3 is 0 Å². The molecule has 0 aromatic heterocycles. The number of fused-ring (bicyclic) bond motifs is 6. The van der Waals surface area contributed by atoms with Crippen LogP contribution in [0.3, 0.4) is 0 Å². The van der Waals surface area contributed by atoms with Crippen molar-refractivity contribution in [2.45, 2.75) is 38.5 Å². The Hall–Kier alpha value is -8.00. The van der Waals surface area contributed by atoms with E-state index in [1.54, 1.807) is 0 Å². The minimum atomic E-state index is -0.181. The van der Waals surface area contributed by atoms with E-state index in [9.17, 15) is 0 Å². The summed E-state index contributed by atoms with van der Waals surface area (Å²) >= 11 is 0. The lowest BCUT2D eigenvalue weighted by molar-refractivity contribution is 0.660. The second kappa shape index (κ2) is 15.9. The van der Waals surface area contributed by atoms with Gasteiger partial charge in [-0.2, -0.15) is 0 Å². The topological polar surface area (TPSA) is 3.24 Å². The highest BCUT2D eigenvalue weighted by atomic mass is 15.2. The van der Waals surface area contributed by atoms with E-state index in [1.807, 2.05) is 0 Å². The van der Waals surface area contributed by atoms with Crippen LogP contribution in [0.15, 0.2) is 237 Å². The molecule has 0 unspecified atom stereocenters. The molecule has 0 saturated carbocycles. The van der Waals surface area contributed by atoms with Crippen LogP contribution in [-0.2, 0) is 10.8 Å². The monoisotopic (exact) mass is 857 g/mol. The summed E-state index contributed by atoms with van der Waals surface area (Å²) in [6.45, 7) is 9.51. The van der Waals surface area contributed by atoms with Gasteiger partial charge in [0.15, 0.2) is 0 Å². The molecule has 0 spiro atoms. The van der Waals surface area contributed by atoms with E-state index in [0.717, 1.165) is 28.2 Å². The largest absolute Gasteiger partial charge is 0.309 e. The minimum Gasteiger partial charge on any atom is -0.309 e. The fraction of sp³-hybridized carbons (Fsp3) is 0.0909. The van der Waals surface area contributed by atoms with E-state index in [1.165, 1.54) is 89.0 Å². The summed E-state index contributed by atoms with van der Waals surface area (Å²) in [5, 5.41) is 0. The lowest BCUT2D eigenvalue weighted by Crippen LogP contribution is -2.17. The molecule has 12 rings (SSSR count). The number of hydrogen-bond acceptors (Lipinski definition) is 1. The van der Waals surface area contributed by atoms with Crippen LogP contribution in [0.4, 0.5) is 17.1 Å². The standard InChI is InChI=1S/C66H51N/c1-65(2)57-30-17-15-27-54(57)64-58(65)31-19-33-62(64)67(60-41-39-49(45-22-10-6-11-23-45)42-55(60)47-24-12-7-13-25-47)61-32-18-28-51(63(61)48-36-34-46(35-37-48)44-20-8-5-9-21-44)50-38-40-53-52-26-14-16-29-56(52)66(3,4)59(53)43-50/h5-43H,1-4H3. The highest BCUT2D eigenvalue weighted by Gasteiger charge is 2.39. The van der Waals surface area contributed by atoms with Gasteiger partial charge < -0.3 is 4.90 Å². The van der Waals surface area contributed by atoms with Crippen molar-refractivity contribution in [1.82, 2.24) is 0 Å². The molecule has 0 aliphatic heterocycles. The summed E-state index contributed by atoms with van der Waals surface area (Å²) in [5.41, 5.74) is 25.6. The van der Waals surface area contributed by atoms with Crippen LogP contribution < -0.4 is 4.90 Å². The molecule has 320 valence electrons. The normalized spacial score (nSPS) is 13.6. The molecule has 2 aliphatic rings. The second-order valence-electron chi connectivity index (χ2n) is 19.2. The Kier molecular flexibility index (Phi) is 9.59. The van der Waals surface area contributed by atoms with Crippen molar-refractivity contribution in [3.63, 3.8) is 0 Å². The van der Waals surface area contributed by atoms with Crippen molar-refractivity contribution in [1.29, 1.82) is 0 Å². The molecule has 2 aliphatic carbocycles. The van der Waals surface area contributed by atoms with Crippen LogP contribution in [0.2, 0.25) is 0 Å². The predicted molar refractivity (Wildman–Crippen MR) is 283 cm³/mol. The van der Waals surface area contributed by atoms with Gasteiger partial charge in [0, 0.05) is 27.5 Å². The Bertz CT molecular complexity index is 3490. The van der Waals surface area contributed by atoms with Gasteiger partial charge in [-0.15, -0.1) is 0 Å². The maximum Gasteiger partial charge on any atom is 0.0546 e. The molecule has 1 nitrogen and oxygen atoms in total. The Balaban J connectivity index is 1.17. The van der Waals surface area contributed by atoms with Gasteiger partial charge in [0.2, 0.25) is 0 Å². The summed E-state index contributed by atoms with van der Waals surface area (Å²) < 4.78 is 0. The number of nitrogens with zero attached hydrogens (tertiary/aromatic N) is 1. The van der Waals surface area contributed by atoms with Crippen molar-refractivity contribution in [3.05, 3.63) is 259 Å². The van der Waals surface area contributed by atoms with Crippen LogP contribution in [0, 0.1) is 0 Å². The summed E-state index contributed by atoms with van der Waals surface area (Å²) in [5.74, 6) is 0. The molecule has 0 bridgehead atoms. The first-order valence-electron chi connectivity index (χ1n) is 23.6. The molecular formula is C66H51N. The summed E-state index contributed by atoms with van der Waals surface area (Å²) in [6.07, 6.45) is 0. The van der Waals surface area contributed by atoms with Crippen LogP contribution in [0.1, 0.15) is 49.9 Å². The second-order valence-corrected chi connectivity index (χ2v) is 19.2. The third kappa shape index (κ3) is 6.60. The van der Waals surface area contributed by atoms with Crippen molar-refractivity contribution >= 4 is 17.1 Å². The molecule has 67 heavy (non-hydrogen) atoms. The first kappa shape index (κ1) is 40.5. The highest BCUT2D eigenvalue weighted by Crippen LogP contribution is 2.57. The van der Waals surface area contributed by atoms with Crippen molar-refractivity contribution in [2.75, 3.05) is 4.90 Å². The van der Waals surface area contributed by atoms with Gasteiger partial charge in [-0.3, -0.25) is 0 Å². The molecule has 0 saturated heterocycles. The molecule has 0 fully saturated rings. The minimum absolute atomic E-state index is 0.140. The van der Waals surface area contributed by atoms with Gasteiger partial charge in [-0.05, 0) is 114 Å². The Morgan fingerprint density at radius 2 is 0.687 bits per heavy atom. The SMILES string of the molecule is CC1(C)c2ccccc2-c2ccc(-c3cccc(N(c4ccc(-c5ccccc5)cc4-c4ccccc4)c4cccc5c4-c4ccccc4C5(C)C)c3-c3ccc(-c4ccccc4)cc3)cc21. The van der Waals surface area contributed by atoms with Crippen LogP contribution in [0.5, 0.6) is 0 Å². The lowest BCUT2D eigenvalue weighted by Gasteiger charge is -2.33. The molecule has 0 atom stereocenters. The number of anilines is 3. The van der Waals surface area contributed by atoms with Crippen molar-refractivity contribution < 1.29 is 0 Å². The predicted octanol–water partition coefficient (Wildman–Crippen LogP) is 18.1. The molecule has 0 radical (unpaired) electrons. The average molecular weight is 858 g/mol. The third-order valence-electron chi connectivity index (χ3n) is 14.7. The molecule has 1 heteroatoms. The zero-order chi connectivity index (χ0) is 45.3. The van der Waals surface area contributed by atoms with Gasteiger partial charge in [0.1, 0.15) is 0 Å². The van der Waals surface area contributed by atoms with Gasteiger partial charge in [-0.1, -0.05) is 234 Å². The Morgan fingerprint density at radius 3 is 1.37 bits per heavy atom. The fourth-order valence-electron chi connectivity index (χ4n) is 11.3. The van der Waals surface area contributed by atoms with E-state index < -0.39 is 0 Å². The maximum absolute atomic E-state index is 2.59. The van der Waals surface area contributed by atoms with E-state index in [0.29, 0.717) is 0 Å². The van der Waals surface area contributed by atoms with E-state index in [-0.39, 0.29) is 10.8 Å². The van der Waals surface area contributed by atoms with Crippen molar-refractivity contribution in [3.8, 4) is 77.9 Å². The third-order valence-corrected chi connectivity index (χ3v) is 14.7. The molecular weight excluding hydrogens is 807 g/mol. The van der Waals surface area contributed by atoms with E-state index >= 15 is 0 Å². The lowest BCUT2D eigenvalue weighted by atomic mass is 9.81. The Morgan fingerprint density at radius 1 is 0.239 bits per heavy atom. The molecule has 0 heterocycles. The quantitative estimate of drug-likeness (QED) is 0.147. The van der Waals surface area contributed by atoms with Crippen LogP contribution in [0.25, 0.3) is 77.9 Å². The molecule has 10 aromatic rings. The fourth-order valence-corrected chi connectivity index (χ4v) is 11.3. The first-order chi connectivity index (χ1) is 32.8. The summed E-state index contributed by atoms with van der Waals surface area (Å²) in [4.78, 5) is 2.59.